The van der Waals surface area contributed by atoms with Crippen LogP contribution < -0.4 is 9.80 Å². The van der Waals surface area contributed by atoms with E-state index in [-0.39, 0.29) is 0 Å². The van der Waals surface area contributed by atoms with Crippen LogP contribution >= 0.6 is 0 Å². The summed E-state index contributed by atoms with van der Waals surface area (Å²) in [4.78, 5) is 4.83. The van der Waals surface area contributed by atoms with Crippen LogP contribution in [0.5, 0.6) is 0 Å². The Kier molecular flexibility index (Phi) is 8.26. The molecule has 2 heteroatoms. The normalized spacial score (nSPS) is 11.3. The predicted octanol–water partition coefficient (Wildman–Crippen LogP) is 13.0. The highest BCUT2D eigenvalue weighted by Crippen LogP contribution is 2.45. The van der Waals surface area contributed by atoms with E-state index in [2.05, 4.69) is 184 Å². The highest BCUT2D eigenvalue weighted by atomic mass is 15.1. The Morgan fingerprint density at radius 3 is 1.47 bits per heavy atom. The average Bonchev–Trinajstić information content (AvgIpc) is 3.09. The quantitative estimate of drug-likeness (QED) is 0.158. The molecule has 7 aromatic carbocycles. The van der Waals surface area contributed by atoms with Crippen LogP contribution in [0.4, 0.5) is 34.1 Å². The molecule has 0 N–H and O–H groups in total. The molecule has 0 amide bonds. The Hall–Kier alpha value is -5.34. The van der Waals surface area contributed by atoms with Gasteiger partial charge in [-0.15, -0.1) is 0 Å². The van der Waals surface area contributed by atoms with Crippen molar-refractivity contribution in [3.8, 4) is 0 Å². The van der Waals surface area contributed by atoms with E-state index in [9.17, 15) is 0 Å². The van der Waals surface area contributed by atoms with Crippen molar-refractivity contribution < 1.29 is 0 Å². The second kappa shape index (κ2) is 12.8. The van der Waals surface area contributed by atoms with Gasteiger partial charge in [0.15, 0.2) is 0 Å². The molecule has 7 aromatic rings. The first kappa shape index (κ1) is 30.3. The van der Waals surface area contributed by atoms with Gasteiger partial charge in [-0.05, 0) is 144 Å². The van der Waals surface area contributed by atoms with E-state index in [1.165, 1.54) is 55.0 Å². The highest BCUT2D eigenvalue weighted by Gasteiger charge is 2.20. The third-order valence-corrected chi connectivity index (χ3v) is 9.37. The van der Waals surface area contributed by atoms with Crippen molar-refractivity contribution in [3.63, 3.8) is 0 Å². The zero-order valence-corrected chi connectivity index (χ0v) is 28.1. The molecule has 0 bridgehead atoms. The lowest BCUT2D eigenvalue weighted by molar-refractivity contribution is 1.14. The Morgan fingerprint density at radius 2 is 0.915 bits per heavy atom. The first-order valence-electron chi connectivity index (χ1n) is 16.8. The van der Waals surface area contributed by atoms with Gasteiger partial charge in [0.05, 0.1) is 5.69 Å². The first-order valence-corrected chi connectivity index (χ1v) is 16.8. The maximum absolute atomic E-state index is 2.43. The van der Waals surface area contributed by atoms with Crippen molar-refractivity contribution in [2.75, 3.05) is 9.80 Å². The summed E-state index contributed by atoms with van der Waals surface area (Å²) in [5, 5.41) is 4.99. The van der Waals surface area contributed by atoms with Crippen LogP contribution in [0.2, 0.25) is 0 Å². The summed E-state index contributed by atoms with van der Waals surface area (Å²) in [7, 11) is 0. The molecular formula is C45H42N2. The number of benzene rings is 7. The molecule has 0 atom stereocenters. The van der Waals surface area contributed by atoms with Crippen molar-refractivity contribution in [1.29, 1.82) is 0 Å². The number of anilines is 6. The number of rotatable bonds is 8. The molecule has 0 aliphatic heterocycles. The van der Waals surface area contributed by atoms with Crippen molar-refractivity contribution in [2.24, 2.45) is 0 Å². The van der Waals surface area contributed by atoms with Crippen LogP contribution in [-0.4, -0.2) is 0 Å². The van der Waals surface area contributed by atoms with Crippen molar-refractivity contribution >= 4 is 55.7 Å². The fraction of sp³-hybridized carbons (Fsp3) is 0.156. The van der Waals surface area contributed by atoms with Crippen molar-refractivity contribution in [2.45, 2.75) is 47.5 Å². The Balaban J connectivity index is 1.48. The van der Waals surface area contributed by atoms with Crippen LogP contribution in [-0.2, 0) is 12.8 Å². The molecule has 47 heavy (non-hydrogen) atoms. The molecule has 2 nitrogen and oxygen atoms in total. The third kappa shape index (κ3) is 5.88. The van der Waals surface area contributed by atoms with Gasteiger partial charge in [0.1, 0.15) is 0 Å². The van der Waals surface area contributed by atoms with Gasteiger partial charge < -0.3 is 9.80 Å². The summed E-state index contributed by atoms with van der Waals surface area (Å²) in [6.45, 7) is 11.0. The summed E-state index contributed by atoms with van der Waals surface area (Å²) >= 11 is 0. The van der Waals surface area contributed by atoms with Gasteiger partial charge in [0.25, 0.3) is 0 Å². The van der Waals surface area contributed by atoms with Crippen LogP contribution in [0.1, 0.15) is 41.7 Å². The molecule has 0 saturated carbocycles. The summed E-state index contributed by atoms with van der Waals surface area (Å²) < 4.78 is 0. The van der Waals surface area contributed by atoms with Crippen molar-refractivity contribution in [3.05, 3.63) is 167 Å². The molecule has 0 aliphatic rings. The average molecular weight is 611 g/mol. The zero-order chi connectivity index (χ0) is 32.5. The molecule has 7 rings (SSSR count). The summed E-state index contributed by atoms with van der Waals surface area (Å²) in [5.41, 5.74) is 13.4. The zero-order valence-electron chi connectivity index (χ0n) is 28.1. The minimum absolute atomic E-state index is 1.02. The van der Waals surface area contributed by atoms with Gasteiger partial charge in [-0.3, -0.25) is 0 Å². The minimum atomic E-state index is 1.02. The van der Waals surface area contributed by atoms with Crippen molar-refractivity contribution in [1.82, 2.24) is 0 Å². The molecule has 0 aromatic heterocycles. The second-order valence-corrected chi connectivity index (χ2v) is 12.7. The van der Waals surface area contributed by atoms with E-state index in [0.29, 0.717) is 0 Å². The maximum atomic E-state index is 2.43. The lowest BCUT2D eigenvalue weighted by Crippen LogP contribution is -2.12. The van der Waals surface area contributed by atoms with Gasteiger partial charge in [-0.2, -0.15) is 0 Å². The molecule has 0 fully saturated rings. The van der Waals surface area contributed by atoms with Crippen LogP contribution in [0.25, 0.3) is 21.5 Å². The van der Waals surface area contributed by atoms with E-state index in [0.717, 1.165) is 41.3 Å². The van der Waals surface area contributed by atoms with Gasteiger partial charge in [-0.1, -0.05) is 86.6 Å². The monoisotopic (exact) mass is 610 g/mol. The second-order valence-electron chi connectivity index (χ2n) is 12.7. The highest BCUT2D eigenvalue weighted by molar-refractivity contribution is 6.16. The molecule has 0 heterocycles. The van der Waals surface area contributed by atoms with Gasteiger partial charge in [0.2, 0.25) is 0 Å². The maximum Gasteiger partial charge on any atom is 0.0546 e. The van der Waals surface area contributed by atoms with E-state index in [1.807, 2.05) is 0 Å². The number of hydrogen-bond acceptors (Lipinski definition) is 2. The van der Waals surface area contributed by atoms with Crippen LogP contribution in [0, 0.1) is 20.8 Å². The van der Waals surface area contributed by atoms with Crippen LogP contribution in [0.3, 0.4) is 0 Å². The first-order chi connectivity index (χ1) is 22.9. The Morgan fingerprint density at radius 1 is 0.383 bits per heavy atom. The summed E-state index contributed by atoms with van der Waals surface area (Å²) in [5.74, 6) is 0. The minimum Gasteiger partial charge on any atom is -0.310 e. The van der Waals surface area contributed by atoms with Crippen LogP contribution in [0.15, 0.2) is 140 Å². The van der Waals surface area contributed by atoms with Gasteiger partial charge in [0, 0.05) is 33.8 Å². The smallest absolute Gasteiger partial charge is 0.0546 e. The number of nitrogens with zero attached hydrogens (tertiary/aromatic N) is 2. The fourth-order valence-electron chi connectivity index (χ4n) is 6.83. The summed E-state index contributed by atoms with van der Waals surface area (Å²) in [6, 6.07) is 51.7. The molecule has 232 valence electrons. The Labute approximate surface area is 279 Å². The topological polar surface area (TPSA) is 6.48 Å². The predicted molar refractivity (Wildman–Crippen MR) is 204 cm³/mol. The lowest BCUT2D eigenvalue weighted by Gasteiger charge is -2.29. The number of aryl methyl sites for hydroxylation is 5. The lowest BCUT2D eigenvalue weighted by atomic mass is 9.95. The molecule has 0 spiro atoms. The van der Waals surface area contributed by atoms with E-state index in [4.69, 9.17) is 0 Å². The van der Waals surface area contributed by atoms with E-state index in [1.54, 1.807) is 0 Å². The molecule has 0 radical (unpaired) electrons. The molecule has 0 saturated heterocycles. The SMILES string of the molecule is CCc1ccc(N(c2cccc(C)c2)c2cc(C)c3cc(N(c4ccc(CC)cc4)c4cccc(C)c4)c4ccccc4c3c2)cc1. The van der Waals surface area contributed by atoms with E-state index >= 15 is 0 Å². The standard InChI is InChI=1S/C45H42N2/c1-6-34-18-22-36(23-19-34)46(38-14-10-12-31(3)26-38)40-28-33(5)43-30-45(42-17-9-8-16-41(42)44(43)29-40)47(39-15-11-13-32(4)27-39)37-24-20-35(7-2)21-25-37/h8-30H,6-7H2,1-5H3. The fourth-order valence-corrected chi connectivity index (χ4v) is 6.83. The molecule has 0 aliphatic carbocycles. The summed E-state index contributed by atoms with van der Waals surface area (Å²) in [6.07, 6.45) is 2.05. The molecular weight excluding hydrogens is 569 g/mol. The van der Waals surface area contributed by atoms with E-state index < -0.39 is 0 Å². The largest absolute Gasteiger partial charge is 0.310 e. The number of fused-ring (bicyclic) bond motifs is 3. The third-order valence-electron chi connectivity index (χ3n) is 9.37. The van der Waals surface area contributed by atoms with Gasteiger partial charge >= 0.3 is 0 Å². The van der Waals surface area contributed by atoms with Gasteiger partial charge in [-0.25, -0.2) is 0 Å². The number of hydrogen-bond donors (Lipinski definition) is 0. The molecule has 0 unspecified atom stereocenters. The Bertz CT molecular complexity index is 2190.